The summed E-state index contributed by atoms with van der Waals surface area (Å²) in [6.45, 7) is 0. The molecule has 0 unspecified atom stereocenters. The minimum atomic E-state index is -0.262. The van der Waals surface area contributed by atoms with Crippen molar-refractivity contribution in [1.29, 1.82) is 0 Å². The van der Waals surface area contributed by atoms with Gasteiger partial charge < -0.3 is 10.1 Å². The number of hydrogen-bond acceptors (Lipinski definition) is 2. The van der Waals surface area contributed by atoms with Crippen molar-refractivity contribution in [2.24, 2.45) is 0 Å². The Morgan fingerprint density at radius 3 is 2.21 bits per heavy atom. The summed E-state index contributed by atoms with van der Waals surface area (Å²) in [5.74, 6) is 0.662. The van der Waals surface area contributed by atoms with Gasteiger partial charge in [0.25, 0.3) is 0 Å². The van der Waals surface area contributed by atoms with Gasteiger partial charge in [-0.1, -0.05) is 0 Å². The summed E-state index contributed by atoms with van der Waals surface area (Å²) in [5, 5.41) is 9.25. The smallest absolute Gasteiger partial charge is 0.137 e. The molecule has 0 saturated carbocycles. The Morgan fingerprint density at radius 2 is 1.53 bits per heavy atom. The van der Waals surface area contributed by atoms with E-state index in [9.17, 15) is 9.50 Å². The summed E-state index contributed by atoms with van der Waals surface area (Å²) < 4.78 is 12.9. The van der Waals surface area contributed by atoms with Gasteiger partial charge in [0.15, 0.2) is 0 Å². The number of aromatic amines is 1. The van der Waals surface area contributed by atoms with Crippen LogP contribution in [0.25, 0.3) is 22.6 Å². The van der Waals surface area contributed by atoms with E-state index in [1.165, 1.54) is 12.1 Å². The Morgan fingerprint density at radius 1 is 0.895 bits per heavy atom. The van der Waals surface area contributed by atoms with E-state index in [2.05, 4.69) is 9.97 Å². The maximum Gasteiger partial charge on any atom is 0.137 e. The molecule has 1 heterocycles. The molecule has 0 amide bonds. The lowest BCUT2D eigenvalue weighted by Gasteiger charge is -1.98. The number of phenolic OH excluding ortho intramolecular Hbond substituents is 1. The number of imidazole rings is 1. The third-order valence-corrected chi connectivity index (χ3v) is 2.87. The molecular formula is C15H11FN2O. The molecule has 0 bridgehead atoms. The Labute approximate surface area is 109 Å². The number of H-pyrrole nitrogens is 1. The number of nitrogens with zero attached hydrogens (tertiary/aromatic N) is 1. The molecule has 3 aromatic rings. The van der Waals surface area contributed by atoms with Gasteiger partial charge in [-0.2, -0.15) is 0 Å². The predicted molar refractivity (Wildman–Crippen MR) is 71.1 cm³/mol. The van der Waals surface area contributed by atoms with Gasteiger partial charge >= 0.3 is 0 Å². The van der Waals surface area contributed by atoms with Gasteiger partial charge in [0.1, 0.15) is 17.4 Å². The highest BCUT2D eigenvalue weighted by Crippen LogP contribution is 2.23. The van der Waals surface area contributed by atoms with Gasteiger partial charge in [0.2, 0.25) is 0 Å². The first-order chi connectivity index (χ1) is 9.22. The number of phenols is 1. The van der Waals surface area contributed by atoms with Crippen molar-refractivity contribution in [1.82, 2.24) is 9.97 Å². The Bertz CT molecular complexity index is 627. The van der Waals surface area contributed by atoms with E-state index in [1.54, 1.807) is 42.6 Å². The second kappa shape index (κ2) is 4.57. The van der Waals surface area contributed by atoms with Gasteiger partial charge in [0.05, 0.1) is 11.9 Å². The van der Waals surface area contributed by atoms with E-state index in [0.29, 0.717) is 5.82 Å². The average molecular weight is 254 g/mol. The SMILES string of the molecule is Oc1ccc(-c2ncc(-c3ccc(F)cc3)[nH]2)cc1. The third kappa shape index (κ3) is 2.33. The summed E-state index contributed by atoms with van der Waals surface area (Å²) in [5.41, 5.74) is 2.58. The van der Waals surface area contributed by atoms with Crippen molar-refractivity contribution in [2.75, 3.05) is 0 Å². The number of nitrogens with one attached hydrogen (secondary N) is 1. The molecule has 19 heavy (non-hydrogen) atoms. The molecule has 0 atom stereocenters. The highest BCUT2D eigenvalue weighted by atomic mass is 19.1. The molecule has 0 fully saturated rings. The van der Waals surface area contributed by atoms with E-state index in [0.717, 1.165) is 16.8 Å². The summed E-state index contributed by atoms with van der Waals surface area (Å²) in [6.07, 6.45) is 1.70. The summed E-state index contributed by atoms with van der Waals surface area (Å²) in [4.78, 5) is 7.45. The highest BCUT2D eigenvalue weighted by molar-refractivity contribution is 5.64. The van der Waals surface area contributed by atoms with E-state index in [4.69, 9.17) is 0 Å². The fourth-order valence-corrected chi connectivity index (χ4v) is 1.86. The first-order valence-electron chi connectivity index (χ1n) is 5.83. The molecule has 3 nitrogen and oxygen atoms in total. The van der Waals surface area contributed by atoms with Crippen LogP contribution in [0.15, 0.2) is 54.7 Å². The normalized spacial score (nSPS) is 10.6. The van der Waals surface area contributed by atoms with Crippen molar-refractivity contribution >= 4 is 0 Å². The van der Waals surface area contributed by atoms with E-state index in [-0.39, 0.29) is 11.6 Å². The minimum Gasteiger partial charge on any atom is -0.508 e. The first-order valence-corrected chi connectivity index (χ1v) is 5.83. The van der Waals surface area contributed by atoms with Gasteiger partial charge in [0, 0.05) is 5.56 Å². The Kier molecular flexibility index (Phi) is 2.76. The fraction of sp³-hybridized carbons (Fsp3) is 0. The highest BCUT2D eigenvalue weighted by Gasteiger charge is 2.05. The zero-order valence-electron chi connectivity index (χ0n) is 9.97. The second-order valence-corrected chi connectivity index (χ2v) is 4.20. The van der Waals surface area contributed by atoms with Gasteiger partial charge in [-0.05, 0) is 54.1 Å². The number of halogens is 1. The molecule has 2 N–H and O–H groups in total. The lowest BCUT2D eigenvalue weighted by molar-refractivity contribution is 0.475. The van der Waals surface area contributed by atoms with Gasteiger partial charge in [-0.25, -0.2) is 9.37 Å². The van der Waals surface area contributed by atoms with Crippen LogP contribution in [0.1, 0.15) is 0 Å². The molecule has 2 aromatic carbocycles. The number of aromatic nitrogens is 2. The van der Waals surface area contributed by atoms with Crippen LogP contribution in [0, 0.1) is 5.82 Å². The zero-order chi connectivity index (χ0) is 13.2. The predicted octanol–water partition coefficient (Wildman–Crippen LogP) is 3.59. The lowest BCUT2D eigenvalue weighted by atomic mass is 10.2. The monoisotopic (exact) mass is 254 g/mol. The van der Waals surface area contributed by atoms with Crippen LogP contribution >= 0.6 is 0 Å². The van der Waals surface area contributed by atoms with Gasteiger partial charge in [-0.3, -0.25) is 0 Å². The number of hydrogen-bond donors (Lipinski definition) is 2. The van der Waals surface area contributed by atoms with E-state index < -0.39 is 0 Å². The first kappa shape index (κ1) is 11.5. The number of aromatic hydroxyl groups is 1. The molecule has 1 aromatic heterocycles. The molecule has 0 spiro atoms. The molecule has 0 aliphatic rings. The largest absolute Gasteiger partial charge is 0.508 e. The summed E-state index contributed by atoms with van der Waals surface area (Å²) in [7, 11) is 0. The number of benzene rings is 2. The summed E-state index contributed by atoms with van der Waals surface area (Å²) in [6, 6.07) is 13.0. The Balaban J connectivity index is 1.95. The lowest BCUT2D eigenvalue weighted by Crippen LogP contribution is -1.81. The quantitative estimate of drug-likeness (QED) is 0.734. The molecular weight excluding hydrogens is 243 g/mol. The van der Waals surface area contributed by atoms with Crippen LogP contribution in [0.2, 0.25) is 0 Å². The molecule has 0 saturated heterocycles. The zero-order valence-corrected chi connectivity index (χ0v) is 9.97. The van der Waals surface area contributed by atoms with Crippen LogP contribution in [0.4, 0.5) is 4.39 Å². The standard InChI is InChI=1S/C15H11FN2O/c16-12-5-1-10(2-6-12)14-9-17-15(18-14)11-3-7-13(19)8-4-11/h1-9,19H,(H,17,18). The molecule has 0 aliphatic carbocycles. The minimum absolute atomic E-state index is 0.217. The molecule has 4 heteroatoms. The number of rotatable bonds is 2. The van der Waals surface area contributed by atoms with Crippen LogP contribution < -0.4 is 0 Å². The van der Waals surface area contributed by atoms with Crippen LogP contribution in [-0.2, 0) is 0 Å². The molecule has 0 radical (unpaired) electrons. The van der Waals surface area contributed by atoms with Crippen molar-refractivity contribution < 1.29 is 9.50 Å². The Hall–Kier alpha value is -2.62. The average Bonchev–Trinajstić information content (AvgIpc) is 2.90. The molecule has 94 valence electrons. The topological polar surface area (TPSA) is 48.9 Å². The maximum absolute atomic E-state index is 12.9. The van der Waals surface area contributed by atoms with Crippen molar-refractivity contribution in [3.8, 4) is 28.4 Å². The van der Waals surface area contributed by atoms with Crippen LogP contribution in [0.3, 0.4) is 0 Å². The third-order valence-electron chi connectivity index (χ3n) is 2.87. The van der Waals surface area contributed by atoms with Crippen LogP contribution in [-0.4, -0.2) is 15.1 Å². The van der Waals surface area contributed by atoms with E-state index >= 15 is 0 Å². The summed E-state index contributed by atoms with van der Waals surface area (Å²) >= 11 is 0. The van der Waals surface area contributed by atoms with Crippen molar-refractivity contribution in [3.05, 3.63) is 60.5 Å². The van der Waals surface area contributed by atoms with Gasteiger partial charge in [-0.15, -0.1) is 0 Å². The van der Waals surface area contributed by atoms with Crippen molar-refractivity contribution in [3.63, 3.8) is 0 Å². The molecule has 3 rings (SSSR count). The van der Waals surface area contributed by atoms with E-state index in [1.807, 2.05) is 0 Å². The van der Waals surface area contributed by atoms with Crippen LogP contribution in [0.5, 0.6) is 5.75 Å². The molecule has 0 aliphatic heterocycles. The second-order valence-electron chi connectivity index (χ2n) is 4.20. The van der Waals surface area contributed by atoms with Crippen molar-refractivity contribution in [2.45, 2.75) is 0 Å². The fourth-order valence-electron chi connectivity index (χ4n) is 1.86. The maximum atomic E-state index is 12.9.